The number of fused-ring (bicyclic) bond motifs is 1. The van der Waals surface area contributed by atoms with Gasteiger partial charge in [0.2, 0.25) is 5.91 Å². The molecule has 0 aliphatic carbocycles. The maximum absolute atomic E-state index is 14.1. The average Bonchev–Trinajstić information content (AvgIpc) is 3.61. The molecule has 0 spiro atoms. The van der Waals surface area contributed by atoms with Crippen molar-refractivity contribution in [1.29, 1.82) is 0 Å². The summed E-state index contributed by atoms with van der Waals surface area (Å²) in [6.45, 7) is 4.86. The lowest BCUT2D eigenvalue weighted by atomic mass is 10.0. The van der Waals surface area contributed by atoms with Crippen molar-refractivity contribution in [3.8, 4) is 0 Å². The number of sulfonamides is 1. The van der Waals surface area contributed by atoms with Gasteiger partial charge in [0.15, 0.2) is 5.13 Å². The fraction of sp³-hybridized carbons (Fsp3) is 0.308. The second-order valence-electron chi connectivity index (χ2n) is 9.09. The maximum Gasteiger partial charge on any atom is 0.253 e. The van der Waals surface area contributed by atoms with Crippen LogP contribution in [0.4, 0.5) is 5.13 Å². The van der Waals surface area contributed by atoms with Crippen LogP contribution in [-0.4, -0.2) is 36.2 Å². The number of thiazole rings is 1. The van der Waals surface area contributed by atoms with Crippen LogP contribution in [0.3, 0.4) is 0 Å². The summed E-state index contributed by atoms with van der Waals surface area (Å²) in [7, 11) is -3.84. The Morgan fingerprint density at radius 1 is 1.11 bits per heavy atom. The Hall–Kier alpha value is -2.30. The highest BCUT2D eigenvalue weighted by molar-refractivity contribution is 7.91. The zero-order valence-electron chi connectivity index (χ0n) is 19.9. The molecule has 36 heavy (non-hydrogen) atoms. The molecule has 0 N–H and O–H groups in total. The second-order valence-corrected chi connectivity index (χ2v) is 13.9. The number of hydrogen-bond donors (Lipinski definition) is 0. The normalized spacial score (nSPS) is 16.7. The first kappa shape index (κ1) is 25.4. The van der Waals surface area contributed by atoms with E-state index in [1.165, 1.54) is 21.7 Å². The Kier molecular flexibility index (Phi) is 7.20. The Morgan fingerprint density at radius 2 is 1.89 bits per heavy atom. The van der Waals surface area contributed by atoms with Crippen LogP contribution in [0.15, 0.2) is 64.9 Å². The van der Waals surface area contributed by atoms with E-state index in [1.807, 2.05) is 42.5 Å². The van der Waals surface area contributed by atoms with Crippen molar-refractivity contribution in [2.24, 2.45) is 0 Å². The van der Waals surface area contributed by atoms with Gasteiger partial charge >= 0.3 is 0 Å². The third-order valence-corrected chi connectivity index (χ3v) is 11.0. The van der Waals surface area contributed by atoms with Crippen LogP contribution >= 0.6 is 34.3 Å². The predicted octanol–water partition coefficient (Wildman–Crippen LogP) is 6.52. The van der Waals surface area contributed by atoms with Crippen LogP contribution in [0.25, 0.3) is 10.2 Å². The molecule has 1 saturated heterocycles. The molecule has 3 heterocycles. The SMILES string of the molecule is CC(C)c1cccc2sc(N(Cc3ccccc3)C(=O)C3CCCN3S(=O)(=O)c3ccc(Cl)s3)nc12. The minimum atomic E-state index is -3.84. The Labute approximate surface area is 224 Å². The van der Waals surface area contributed by atoms with E-state index in [0.717, 1.165) is 32.7 Å². The molecular weight excluding hydrogens is 534 g/mol. The molecule has 1 atom stereocenters. The number of rotatable bonds is 7. The van der Waals surface area contributed by atoms with Gasteiger partial charge in [-0.1, -0.05) is 79.2 Å². The molecule has 10 heteroatoms. The average molecular weight is 560 g/mol. The molecule has 6 nitrogen and oxygen atoms in total. The fourth-order valence-electron chi connectivity index (χ4n) is 4.55. The molecule has 1 aliphatic heterocycles. The highest BCUT2D eigenvalue weighted by Crippen LogP contribution is 2.37. The predicted molar refractivity (Wildman–Crippen MR) is 148 cm³/mol. The lowest BCUT2D eigenvalue weighted by Crippen LogP contribution is -2.47. The molecule has 1 fully saturated rings. The van der Waals surface area contributed by atoms with Crippen LogP contribution in [-0.2, 0) is 21.4 Å². The van der Waals surface area contributed by atoms with Gasteiger partial charge in [-0.15, -0.1) is 11.3 Å². The molecule has 188 valence electrons. The van der Waals surface area contributed by atoms with E-state index < -0.39 is 16.1 Å². The lowest BCUT2D eigenvalue weighted by molar-refractivity contribution is -0.121. The van der Waals surface area contributed by atoms with Gasteiger partial charge in [0, 0.05) is 6.54 Å². The largest absolute Gasteiger partial charge is 0.282 e. The van der Waals surface area contributed by atoms with E-state index in [4.69, 9.17) is 16.6 Å². The monoisotopic (exact) mass is 559 g/mol. The van der Waals surface area contributed by atoms with E-state index in [1.54, 1.807) is 11.0 Å². The molecular formula is C26H26ClN3O3S3. The molecule has 1 amide bonds. The standard InChI is InChI=1S/C26H26ClN3O3S3/c1-17(2)19-10-6-12-21-24(19)28-26(34-21)29(16-18-8-4-3-5-9-18)25(31)20-11-7-15-30(20)36(32,33)23-14-13-22(27)35-23/h3-6,8-10,12-14,17,20H,7,11,15-16H2,1-2H3. The van der Waals surface area contributed by atoms with Crippen molar-refractivity contribution in [3.63, 3.8) is 0 Å². The van der Waals surface area contributed by atoms with E-state index >= 15 is 0 Å². The van der Waals surface area contributed by atoms with Crippen molar-refractivity contribution in [1.82, 2.24) is 9.29 Å². The van der Waals surface area contributed by atoms with E-state index in [-0.39, 0.29) is 16.0 Å². The van der Waals surface area contributed by atoms with Gasteiger partial charge in [0.25, 0.3) is 10.0 Å². The van der Waals surface area contributed by atoms with Crippen LogP contribution in [0, 0.1) is 0 Å². The molecule has 0 radical (unpaired) electrons. The number of aromatic nitrogens is 1. The van der Waals surface area contributed by atoms with Crippen LogP contribution in [0.1, 0.15) is 43.7 Å². The van der Waals surface area contributed by atoms with Gasteiger partial charge in [-0.3, -0.25) is 9.69 Å². The van der Waals surface area contributed by atoms with Crippen molar-refractivity contribution < 1.29 is 13.2 Å². The van der Waals surface area contributed by atoms with Crippen molar-refractivity contribution in [2.45, 2.75) is 49.4 Å². The fourth-order valence-corrected chi connectivity index (χ4v) is 8.82. The number of thiophene rings is 1. The van der Waals surface area contributed by atoms with Crippen molar-refractivity contribution >= 4 is 65.6 Å². The first-order chi connectivity index (χ1) is 17.3. The number of hydrogen-bond acceptors (Lipinski definition) is 6. The van der Waals surface area contributed by atoms with Gasteiger partial charge in [-0.25, -0.2) is 13.4 Å². The molecule has 2 aromatic heterocycles. The molecule has 0 saturated carbocycles. The highest BCUT2D eigenvalue weighted by atomic mass is 35.5. The van der Waals surface area contributed by atoms with Crippen LogP contribution in [0.2, 0.25) is 4.34 Å². The minimum absolute atomic E-state index is 0.156. The number of para-hydroxylation sites is 1. The number of carbonyl (C=O) groups excluding carboxylic acids is 1. The zero-order chi connectivity index (χ0) is 25.4. The summed E-state index contributed by atoms with van der Waals surface area (Å²) in [4.78, 5) is 20.7. The smallest absolute Gasteiger partial charge is 0.253 e. The van der Waals surface area contributed by atoms with Gasteiger partial charge < -0.3 is 0 Å². The summed E-state index contributed by atoms with van der Waals surface area (Å²) in [5.41, 5.74) is 2.97. The van der Waals surface area contributed by atoms with E-state index in [0.29, 0.717) is 35.4 Å². The quantitative estimate of drug-likeness (QED) is 0.258. The molecule has 1 unspecified atom stereocenters. The molecule has 2 aromatic carbocycles. The van der Waals surface area contributed by atoms with Gasteiger partial charge in [0.1, 0.15) is 10.3 Å². The first-order valence-corrected chi connectivity index (χ1v) is 15.2. The second kappa shape index (κ2) is 10.2. The Morgan fingerprint density at radius 3 is 2.58 bits per heavy atom. The van der Waals surface area contributed by atoms with Crippen molar-refractivity contribution in [2.75, 3.05) is 11.4 Å². The first-order valence-electron chi connectivity index (χ1n) is 11.8. The van der Waals surface area contributed by atoms with Gasteiger partial charge in [-0.2, -0.15) is 4.31 Å². The summed E-state index contributed by atoms with van der Waals surface area (Å²) >= 11 is 8.49. The van der Waals surface area contributed by atoms with Gasteiger partial charge in [-0.05, 0) is 48.1 Å². The van der Waals surface area contributed by atoms with Crippen molar-refractivity contribution in [3.05, 3.63) is 76.1 Å². The zero-order valence-corrected chi connectivity index (χ0v) is 23.1. The molecule has 0 bridgehead atoms. The lowest BCUT2D eigenvalue weighted by Gasteiger charge is -2.28. The Balaban J connectivity index is 1.55. The maximum atomic E-state index is 14.1. The van der Waals surface area contributed by atoms with E-state index in [2.05, 4.69) is 19.9 Å². The number of halogens is 1. The topological polar surface area (TPSA) is 70.6 Å². The molecule has 5 rings (SSSR count). The third kappa shape index (κ3) is 4.82. The van der Waals surface area contributed by atoms with Gasteiger partial charge in [0.05, 0.1) is 21.1 Å². The highest BCUT2D eigenvalue weighted by Gasteiger charge is 2.42. The molecule has 4 aromatic rings. The summed E-state index contributed by atoms with van der Waals surface area (Å²) in [5, 5.41) is 0.579. The summed E-state index contributed by atoms with van der Waals surface area (Å²) in [5.74, 6) is 0.0303. The number of carbonyl (C=O) groups is 1. The van der Waals surface area contributed by atoms with E-state index in [9.17, 15) is 13.2 Å². The van der Waals surface area contributed by atoms with Crippen LogP contribution in [0.5, 0.6) is 0 Å². The summed E-state index contributed by atoms with van der Waals surface area (Å²) in [6.07, 6.45) is 1.08. The summed E-state index contributed by atoms with van der Waals surface area (Å²) < 4.78 is 29.8. The summed E-state index contributed by atoms with van der Waals surface area (Å²) in [6, 6.07) is 18.1. The Bertz CT molecular complexity index is 1500. The number of amides is 1. The minimum Gasteiger partial charge on any atom is -0.282 e. The van der Waals surface area contributed by atoms with Crippen LogP contribution < -0.4 is 4.90 Å². The number of benzene rings is 2. The number of nitrogens with zero attached hydrogens (tertiary/aromatic N) is 3. The molecule has 1 aliphatic rings. The third-order valence-electron chi connectivity index (χ3n) is 6.34. The number of anilines is 1.